The fraction of sp³-hybridized carbons (Fsp3) is 0. The number of anilines is 3. The van der Waals surface area contributed by atoms with E-state index < -0.39 is 0 Å². The molecule has 0 aliphatic heterocycles. The minimum atomic E-state index is -0.155. The molecule has 0 spiro atoms. The van der Waals surface area contributed by atoms with Crippen molar-refractivity contribution in [1.82, 2.24) is 7.96 Å². The molecule has 0 fully saturated rings. The van der Waals surface area contributed by atoms with Gasteiger partial charge in [0.15, 0.2) is 0 Å². The van der Waals surface area contributed by atoms with Crippen LogP contribution >= 0.6 is 22.7 Å². The van der Waals surface area contributed by atoms with Gasteiger partial charge in [0.25, 0.3) is 0 Å². The molecule has 164 valence electrons. The average Bonchev–Trinajstić information content (AvgIpc) is 3.66. The van der Waals surface area contributed by atoms with E-state index >= 15 is 0 Å². The first-order valence-electron chi connectivity index (χ1n) is 10.6. The summed E-state index contributed by atoms with van der Waals surface area (Å²) in [5.41, 5.74) is 6.29. The summed E-state index contributed by atoms with van der Waals surface area (Å²) in [4.78, 5) is 16.4. The van der Waals surface area contributed by atoms with Crippen LogP contribution < -0.4 is 4.90 Å². The van der Waals surface area contributed by atoms with Gasteiger partial charge in [0, 0.05) is 0 Å². The van der Waals surface area contributed by atoms with E-state index in [1.807, 2.05) is 24.3 Å². The van der Waals surface area contributed by atoms with Gasteiger partial charge in [0.2, 0.25) is 0 Å². The van der Waals surface area contributed by atoms with Crippen molar-refractivity contribution in [2.45, 2.75) is 0 Å². The van der Waals surface area contributed by atoms with E-state index in [0.717, 1.165) is 59.5 Å². The minimum absolute atomic E-state index is 0.155. The first kappa shape index (κ1) is 21.2. The molecule has 6 rings (SSSR count). The molecule has 0 aliphatic carbocycles. The number of carbonyl (C=O) groups excluding carboxylic acids is 1. The van der Waals surface area contributed by atoms with Gasteiger partial charge in [-0.25, -0.2) is 0 Å². The van der Waals surface area contributed by atoms with Gasteiger partial charge in [-0.2, -0.15) is 0 Å². The average molecular weight is 543 g/mol. The number of aromatic nitrogens is 2. The molecule has 0 saturated carbocycles. The number of fused-ring (bicyclic) bond motifs is 1. The van der Waals surface area contributed by atoms with E-state index in [9.17, 15) is 4.79 Å². The van der Waals surface area contributed by atoms with Gasteiger partial charge in [-0.15, -0.1) is 0 Å². The van der Waals surface area contributed by atoms with Crippen LogP contribution in [0, 0.1) is 0 Å². The number of hydrogen-bond acceptors (Lipinski definition) is 6. The molecule has 0 N–H and O–H groups in total. The molecular weight excluding hydrogens is 525 g/mol. The molecule has 6 aromatic rings. The normalized spacial score (nSPS) is 11.1. The summed E-state index contributed by atoms with van der Waals surface area (Å²) in [5, 5.41) is 1.14. The Morgan fingerprint density at radius 3 is 1.76 bits per heavy atom. The zero-order valence-corrected chi connectivity index (χ0v) is 21.1. The quantitative estimate of drug-likeness (QED) is 0.162. The number of benzene rings is 3. The Kier molecular flexibility index (Phi) is 5.69. The van der Waals surface area contributed by atoms with Crippen LogP contribution in [0.25, 0.3) is 31.9 Å². The SMILES string of the molecule is O=Cc1ccc(-c2ccc(-c3ccc(N(c4ccccc4)c4ccccc4)s3)c3n[se]nc23)s1. The molecule has 0 unspecified atom stereocenters. The molecule has 34 heavy (non-hydrogen) atoms. The third kappa shape index (κ3) is 3.83. The van der Waals surface area contributed by atoms with Crippen LogP contribution in [-0.4, -0.2) is 29.2 Å². The van der Waals surface area contributed by atoms with Crippen molar-refractivity contribution in [2.75, 3.05) is 4.90 Å². The van der Waals surface area contributed by atoms with Crippen molar-refractivity contribution in [3.05, 3.63) is 102 Å². The van der Waals surface area contributed by atoms with Gasteiger partial charge in [-0.1, -0.05) is 0 Å². The second-order valence-corrected chi connectivity index (χ2v) is 10.9. The molecule has 4 nitrogen and oxygen atoms in total. The molecule has 0 aliphatic rings. The summed E-state index contributed by atoms with van der Waals surface area (Å²) < 4.78 is 9.53. The van der Waals surface area contributed by atoms with E-state index in [1.54, 1.807) is 11.3 Å². The zero-order chi connectivity index (χ0) is 22.9. The van der Waals surface area contributed by atoms with E-state index in [0.29, 0.717) is 0 Å². The van der Waals surface area contributed by atoms with Gasteiger partial charge < -0.3 is 0 Å². The van der Waals surface area contributed by atoms with E-state index in [1.165, 1.54) is 11.3 Å². The zero-order valence-electron chi connectivity index (χ0n) is 17.8. The summed E-state index contributed by atoms with van der Waals surface area (Å²) in [6, 6.07) is 33.3. The summed E-state index contributed by atoms with van der Waals surface area (Å²) in [7, 11) is 0. The molecule has 0 radical (unpaired) electrons. The number of thiophene rings is 2. The standard InChI is InChI=1S/C27H17N3OS2Se/c31-17-20-11-14-23(32-20)21-12-13-22(27-26(21)28-34-29-27)24-15-16-25(33-24)30(18-7-3-1-4-8-18)19-9-5-2-6-10-19/h1-17H. The molecule has 7 heteroatoms. The molecule has 3 aromatic heterocycles. The maximum atomic E-state index is 11.2. The van der Waals surface area contributed by atoms with Crippen LogP contribution in [0.15, 0.2) is 97.1 Å². The summed E-state index contributed by atoms with van der Waals surface area (Å²) in [6.45, 7) is 0. The van der Waals surface area contributed by atoms with Crippen molar-refractivity contribution in [3.63, 3.8) is 0 Å². The van der Waals surface area contributed by atoms with Gasteiger partial charge in [-0.05, 0) is 0 Å². The summed E-state index contributed by atoms with van der Waals surface area (Å²) in [6.07, 6.45) is 0.895. The Morgan fingerprint density at radius 2 is 1.21 bits per heavy atom. The van der Waals surface area contributed by atoms with Crippen molar-refractivity contribution in [2.24, 2.45) is 0 Å². The third-order valence-corrected chi connectivity index (χ3v) is 8.79. The maximum absolute atomic E-state index is 11.2. The monoisotopic (exact) mass is 543 g/mol. The van der Waals surface area contributed by atoms with E-state index in [2.05, 4.69) is 77.7 Å². The van der Waals surface area contributed by atoms with Gasteiger partial charge in [-0.3, -0.25) is 0 Å². The van der Waals surface area contributed by atoms with Crippen LogP contribution in [0.1, 0.15) is 9.67 Å². The predicted molar refractivity (Wildman–Crippen MR) is 143 cm³/mol. The van der Waals surface area contributed by atoms with Gasteiger partial charge >= 0.3 is 212 Å². The van der Waals surface area contributed by atoms with Crippen molar-refractivity contribution in [1.29, 1.82) is 0 Å². The second kappa shape index (κ2) is 9.12. The first-order valence-corrected chi connectivity index (χ1v) is 13.8. The number of carbonyl (C=O) groups is 1. The fourth-order valence-corrected chi connectivity index (χ4v) is 7.10. The van der Waals surface area contributed by atoms with Crippen LogP contribution in [0.5, 0.6) is 0 Å². The van der Waals surface area contributed by atoms with Gasteiger partial charge in [0.05, 0.1) is 0 Å². The topological polar surface area (TPSA) is 46.1 Å². The van der Waals surface area contributed by atoms with Gasteiger partial charge in [0.1, 0.15) is 0 Å². The molecular formula is C27H17N3OS2Se. The molecule has 0 amide bonds. The fourth-order valence-electron chi connectivity index (χ4n) is 3.98. The number of hydrogen-bond donors (Lipinski definition) is 0. The third-order valence-electron chi connectivity index (χ3n) is 5.53. The Hall–Kier alpha value is -3.35. The van der Waals surface area contributed by atoms with E-state index in [-0.39, 0.29) is 15.0 Å². The van der Waals surface area contributed by atoms with Crippen molar-refractivity contribution < 1.29 is 4.79 Å². The van der Waals surface area contributed by atoms with Crippen molar-refractivity contribution >= 4 is 71.3 Å². The summed E-state index contributed by atoms with van der Waals surface area (Å²) in [5.74, 6) is 0. The summed E-state index contributed by atoms with van der Waals surface area (Å²) >= 11 is 3.08. The van der Waals surface area contributed by atoms with Crippen LogP contribution in [0.4, 0.5) is 16.4 Å². The molecule has 3 aromatic carbocycles. The molecule has 3 heterocycles. The number of nitrogens with zero attached hydrogens (tertiary/aromatic N) is 3. The Morgan fingerprint density at radius 1 is 0.647 bits per heavy atom. The van der Waals surface area contributed by atoms with Crippen LogP contribution in [0.2, 0.25) is 0 Å². The first-order chi connectivity index (χ1) is 16.8. The number of aldehydes is 1. The Labute approximate surface area is 211 Å². The van der Waals surface area contributed by atoms with Crippen LogP contribution in [0.3, 0.4) is 0 Å². The Bertz CT molecular complexity index is 1550. The molecule has 0 bridgehead atoms. The van der Waals surface area contributed by atoms with Crippen molar-refractivity contribution in [3.8, 4) is 20.9 Å². The number of rotatable bonds is 6. The second-order valence-electron chi connectivity index (χ2n) is 7.59. The number of para-hydroxylation sites is 2. The van der Waals surface area contributed by atoms with Crippen LogP contribution in [-0.2, 0) is 0 Å². The van der Waals surface area contributed by atoms with E-state index in [4.69, 9.17) is 7.96 Å². The molecule has 0 atom stereocenters. The Balaban J connectivity index is 1.44. The predicted octanol–water partition coefficient (Wildman–Crippen LogP) is 7.43. The molecule has 0 saturated heterocycles.